The first-order valence-electron chi connectivity index (χ1n) is 6.12. The van der Waals surface area contributed by atoms with Crippen LogP contribution in [0.2, 0.25) is 0 Å². The summed E-state index contributed by atoms with van der Waals surface area (Å²) >= 11 is 0. The van der Waals surface area contributed by atoms with Crippen molar-refractivity contribution in [1.29, 1.82) is 0 Å². The minimum absolute atomic E-state index is 0.0454. The molecule has 0 fully saturated rings. The van der Waals surface area contributed by atoms with E-state index in [1.54, 1.807) is 6.07 Å². The number of nitrogens with zero attached hydrogens (tertiary/aromatic N) is 1. The Kier molecular flexibility index (Phi) is 4.94. The van der Waals surface area contributed by atoms with Gasteiger partial charge in [-0.2, -0.15) is 0 Å². The molecule has 0 saturated carbocycles. The Morgan fingerprint density at radius 3 is 2.53 bits per heavy atom. The van der Waals surface area contributed by atoms with Crippen molar-refractivity contribution in [3.05, 3.63) is 23.4 Å². The Labute approximate surface area is 103 Å². The molecule has 0 radical (unpaired) electrons. The van der Waals surface area contributed by atoms with Crippen molar-refractivity contribution in [3.63, 3.8) is 0 Å². The maximum atomic E-state index is 11.8. The first-order chi connectivity index (χ1) is 8.08. The van der Waals surface area contributed by atoms with Crippen LogP contribution >= 0.6 is 0 Å². The Hall–Kier alpha value is -1.58. The van der Waals surface area contributed by atoms with Crippen LogP contribution in [-0.2, 0) is 0 Å². The highest BCUT2D eigenvalue weighted by Crippen LogP contribution is 2.17. The average Bonchev–Trinajstić information content (AvgIpc) is 2.29. The lowest BCUT2D eigenvalue weighted by molar-refractivity contribution is 0.0955. The Morgan fingerprint density at radius 1 is 1.29 bits per heavy atom. The van der Waals surface area contributed by atoms with Gasteiger partial charge in [-0.3, -0.25) is 4.79 Å². The number of pyridine rings is 1. The minimum Gasteiger partial charge on any atom is -0.370 e. The molecule has 1 aromatic rings. The first-order valence-corrected chi connectivity index (χ1v) is 6.12. The third-order valence-electron chi connectivity index (χ3n) is 2.39. The van der Waals surface area contributed by atoms with Crippen molar-refractivity contribution >= 4 is 11.7 Å². The zero-order valence-electron chi connectivity index (χ0n) is 11.0. The van der Waals surface area contributed by atoms with Crippen LogP contribution in [0.25, 0.3) is 0 Å². The van der Waals surface area contributed by atoms with E-state index in [2.05, 4.69) is 29.5 Å². The molecule has 4 nitrogen and oxygen atoms in total. The van der Waals surface area contributed by atoms with Crippen LogP contribution in [0.15, 0.2) is 12.1 Å². The molecule has 0 aliphatic rings. The van der Waals surface area contributed by atoms with Gasteiger partial charge in [0.2, 0.25) is 0 Å². The second kappa shape index (κ2) is 6.23. The van der Waals surface area contributed by atoms with Gasteiger partial charge in [0.1, 0.15) is 5.82 Å². The third kappa shape index (κ3) is 3.73. The van der Waals surface area contributed by atoms with E-state index in [4.69, 9.17) is 0 Å². The molecule has 0 aliphatic heterocycles. The Balaban J connectivity index is 3.07. The second-order valence-corrected chi connectivity index (χ2v) is 4.21. The predicted molar refractivity (Wildman–Crippen MR) is 70.5 cm³/mol. The zero-order chi connectivity index (χ0) is 12.8. The molecule has 0 saturated heterocycles. The lowest BCUT2D eigenvalue weighted by Gasteiger charge is -2.11. The molecule has 2 N–H and O–H groups in total. The quantitative estimate of drug-likeness (QED) is 0.824. The van der Waals surface area contributed by atoms with E-state index < -0.39 is 0 Å². The van der Waals surface area contributed by atoms with Gasteiger partial charge in [0, 0.05) is 24.3 Å². The monoisotopic (exact) mass is 235 g/mol. The van der Waals surface area contributed by atoms with Crippen molar-refractivity contribution < 1.29 is 4.79 Å². The molecule has 1 amide bonds. The van der Waals surface area contributed by atoms with Crippen LogP contribution in [0.4, 0.5) is 5.82 Å². The number of carbonyl (C=O) groups excluding carboxylic acids is 1. The fourth-order valence-electron chi connectivity index (χ4n) is 1.51. The van der Waals surface area contributed by atoms with Crippen LogP contribution in [-0.4, -0.2) is 24.0 Å². The molecule has 0 aromatic carbocycles. The number of nitrogens with one attached hydrogen (secondary N) is 2. The van der Waals surface area contributed by atoms with Crippen LogP contribution in [0.3, 0.4) is 0 Å². The number of amides is 1. The van der Waals surface area contributed by atoms with Crippen molar-refractivity contribution in [3.8, 4) is 0 Å². The summed E-state index contributed by atoms with van der Waals surface area (Å²) in [6, 6.07) is 3.65. The van der Waals surface area contributed by atoms with E-state index in [9.17, 15) is 4.79 Å². The summed E-state index contributed by atoms with van der Waals surface area (Å²) in [5, 5.41) is 5.95. The molecule has 0 aliphatic carbocycles. The van der Waals surface area contributed by atoms with Crippen molar-refractivity contribution in [2.45, 2.75) is 33.6 Å². The molecule has 0 unspecified atom stereocenters. The molecular formula is C13H21N3O. The van der Waals surface area contributed by atoms with Crippen LogP contribution < -0.4 is 10.6 Å². The number of anilines is 1. The molecule has 94 valence electrons. The fraction of sp³-hybridized carbons (Fsp3) is 0.538. The van der Waals surface area contributed by atoms with Gasteiger partial charge < -0.3 is 10.6 Å². The molecule has 1 heterocycles. The Morgan fingerprint density at radius 2 is 2.00 bits per heavy atom. The number of rotatable bonds is 5. The van der Waals surface area contributed by atoms with Gasteiger partial charge >= 0.3 is 0 Å². The molecule has 1 rings (SSSR count). The lowest BCUT2D eigenvalue weighted by Crippen LogP contribution is -2.23. The van der Waals surface area contributed by atoms with E-state index in [0.29, 0.717) is 18.0 Å². The molecule has 1 aromatic heterocycles. The highest BCUT2D eigenvalue weighted by molar-refractivity contribution is 5.95. The van der Waals surface area contributed by atoms with E-state index in [0.717, 1.165) is 18.1 Å². The lowest BCUT2D eigenvalue weighted by atomic mass is 10.1. The highest BCUT2D eigenvalue weighted by atomic mass is 16.1. The van der Waals surface area contributed by atoms with E-state index in [1.807, 2.05) is 19.9 Å². The normalized spacial score (nSPS) is 10.4. The van der Waals surface area contributed by atoms with E-state index >= 15 is 0 Å². The molecule has 0 atom stereocenters. The molecule has 4 heteroatoms. The minimum atomic E-state index is -0.0454. The van der Waals surface area contributed by atoms with Gasteiger partial charge in [0.25, 0.3) is 5.91 Å². The maximum Gasteiger partial charge on any atom is 0.251 e. The summed E-state index contributed by atoms with van der Waals surface area (Å²) in [6.45, 7) is 9.49. The van der Waals surface area contributed by atoms with Gasteiger partial charge in [-0.05, 0) is 31.9 Å². The van der Waals surface area contributed by atoms with E-state index in [-0.39, 0.29) is 5.91 Å². The van der Waals surface area contributed by atoms with Gasteiger partial charge in [-0.25, -0.2) is 4.98 Å². The summed E-state index contributed by atoms with van der Waals surface area (Å²) < 4.78 is 0. The number of hydrogen-bond donors (Lipinski definition) is 2. The van der Waals surface area contributed by atoms with E-state index in [1.165, 1.54) is 0 Å². The van der Waals surface area contributed by atoms with Gasteiger partial charge in [0.15, 0.2) is 0 Å². The third-order valence-corrected chi connectivity index (χ3v) is 2.39. The van der Waals surface area contributed by atoms with Crippen LogP contribution in [0.1, 0.15) is 49.7 Å². The van der Waals surface area contributed by atoms with Gasteiger partial charge in [0.05, 0.1) is 0 Å². The standard InChI is InChI=1S/C13H21N3O/c1-5-14-12-8-10(13(17)15-6-2)7-11(16-12)9(3)4/h7-9H,5-6H2,1-4H3,(H,14,16)(H,15,17). The second-order valence-electron chi connectivity index (χ2n) is 4.21. The number of carbonyl (C=O) groups is 1. The molecule has 0 spiro atoms. The van der Waals surface area contributed by atoms with Gasteiger partial charge in [-0.15, -0.1) is 0 Å². The highest BCUT2D eigenvalue weighted by Gasteiger charge is 2.10. The van der Waals surface area contributed by atoms with Crippen LogP contribution in [0.5, 0.6) is 0 Å². The summed E-state index contributed by atoms with van der Waals surface area (Å²) in [5.74, 6) is 1.03. The summed E-state index contributed by atoms with van der Waals surface area (Å²) in [7, 11) is 0. The number of aromatic nitrogens is 1. The molecular weight excluding hydrogens is 214 g/mol. The number of hydrogen-bond acceptors (Lipinski definition) is 3. The van der Waals surface area contributed by atoms with Gasteiger partial charge in [-0.1, -0.05) is 13.8 Å². The van der Waals surface area contributed by atoms with Crippen LogP contribution in [0, 0.1) is 0 Å². The van der Waals surface area contributed by atoms with Crippen molar-refractivity contribution in [2.75, 3.05) is 18.4 Å². The summed E-state index contributed by atoms with van der Waals surface area (Å²) in [6.07, 6.45) is 0. The predicted octanol–water partition coefficient (Wildman–Crippen LogP) is 2.39. The topological polar surface area (TPSA) is 54.0 Å². The molecule has 17 heavy (non-hydrogen) atoms. The largest absolute Gasteiger partial charge is 0.370 e. The maximum absolute atomic E-state index is 11.8. The molecule has 0 bridgehead atoms. The zero-order valence-corrected chi connectivity index (χ0v) is 11.0. The smallest absolute Gasteiger partial charge is 0.251 e. The summed E-state index contributed by atoms with van der Waals surface area (Å²) in [5.41, 5.74) is 1.60. The SMILES string of the molecule is CCNC(=O)c1cc(NCC)nc(C(C)C)c1. The average molecular weight is 235 g/mol. The van der Waals surface area contributed by atoms with Crippen molar-refractivity contribution in [2.24, 2.45) is 0 Å². The summed E-state index contributed by atoms with van der Waals surface area (Å²) in [4.78, 5) is 16.3. The Bertz CT molecular complexity index is 388. The van der Waals surface area contributed by atoms with Crippen molar-refractivity contribution in [1.82, 2.24) is 10.3 Å². The fourth-order valence-corrected chi connectivity index (χ4v) is 1.51. The first kappa shape index (κ1) is 13.5.